The first-order valence-electron chi connectivity index (χ1n) is 10.4. The Morgan fingerprint density at radius 3 is 2.42 bits per heavy atom. The van der Waals surface area contributed by atoms with Crippen LogP contribution >= 0.6 is 27.5 Å². The molecule has 0 saturated heterocycles. The van der Waals surface area contributed by atoms with E-state index in [1.165, 1.54) is 0 Å². The lowest BCUT2D eigenvalue weighted by Crippen LogP contribution is -1.96. The van der Waals surface area contributed by atoms with Crippen molar-refractivity contribution in [3.63, 3.8) is 0 Å². The molecule has 1 heterocycles. The second-order valence-electron chi connectivity index (χ2n) is 7.66. The number of rotatable bonds is 5. The summed E-state index contributed by atoms with van der Waals surface area (Å²) in [6.45, 7) is 1.97. The zero-order chi connectivity index (χ0) is 22.9. The van der Waals surface area contributed by atoms with E-state index >= 15 is 0 Å². The summed E-state index contributed by atoms with van der Waals surface area (Å²) in [5.41, 5.74) is 3.59. The third kappa shape index (κ3) is 4.34. The molecule has 0 atom stereocenters. The molecule has 0 spiro atoms. The molecule has 0 bridgehead atoms. The fraction of sp³-hybridized carbons (Fsp3) is 0.0741. The van der Waals surface area contributed by atoms with E-state index < -0.39 is 0 Å². The molecule has 1 N–H and O–H groups in total. The largest absolute Gasteiger partial charge is 0.497 e. The average Bonchev–Trinajstić information content (AvgIpc) is 2.82. The highest BCUT2D eigenvalue weighted by molar-refractivity contribution is 9.10. The zero-order valence-electron chi connectivity index (χ0n) is 18.0. The van der Waals surface area contributed by atoms with E-state index in [-0.39, 0.29) is 0 Å². The molecule has 6 heteroatoms. The highest BCUT2D eigenvalue weighted by Crippen LogP contribution is 2.38. The van der Waals surface area contributed by atoms with Crippen LogP contribution in [0.2, 0.25) is 5.02 Å². The van der Waals surface area contributed by atoms with Gasteiger partial charge in [0.05, 0.1) is 17.6 Å². The maximum absolute atomic E-state index is 6.62. The van der Waals surface area contributed by atoms with Gasteiger partial charge in [0, 0.05) is 32.3 Å². The second kappa shape index (κ2) is 8.93. The smallest absolute Gasteiger partial charge is 0.146 e. The first-order chi connectivity index (χ1) is 16.0. The van der Waals surface area contributed by atoms with Crippen LogP contribution in [0, 0.1) is 6.92 Å². The number of nitrogens with one attached hydrogen (secondary N) is 1. The Hall–Kier alpha value is -3.28. The normalized spacial score (nSPS) is 11.0. The number of ether oxygens (including phenoxy) is 2. The van der Waals surface area contributed by atoms with Crippen LogP contribution in [0.15, 0.2) is 83.3 Å². The number of anilines is 2. The third-order valence-corrected chi connectivity index (χ3v) is 6.39. The van der Waals surface area contributed by atoms with Gasteiger partial charge in [0.25, 0.3) is 0 Å². The van der Waals surface area contributed by atoms with Gasteiger partial charge in [-0.05, 0) is 66.9 Å². The first kappa shape index (κ1) is 21.6. The number of hydrogen-bond donors (Lipinski definition) is 1. The summed E-state index contributed by atoms with van der Waals surface area (Å²) in [4.78, 5) is 4.62. The number of halogens is 2. The fourth-order valence-electron chi connectivity index (χ4n) is 3.83. The van der Waals surface area contributed by atoms with Crippen molar-refractivity contribution in [2.24, 2.45) is 0 Å². The monoisotopic (exact) mass is 518 g/mol. The van der Waals surface area contributed by atoms with Gasteiger partial charge in [-0.1, -0.05) is 51.8 Å². The highest BCUT2D eigenvalue weighted by atomic mass is 79.9. The molecular weight excluding hydrogens is 500 g/mol. The lowest BCUT2D eigenvalue weighted by molar-refractivity contribution is 0.415. The minimum absolute atomic E-state index is 0.514. The number of nitrogens with zero attached hydrogens (tertiary/aromatic N) is 1. The van der Waals surface area contributed by atoms with Crippen molar-refractivity contribution in [2.75, 3.05) is 12.4 Å². The SMILES string of the molecule is COc1ccc2nc(C)cc(Nc3ccc(Oc4ccc(Br)c5ccccc45)c(Cl)c3)c2c1. The van der Waals surface area contributed by atoms with Crippen LogP contribution in [0.4, 0.5) is 11.4 Å². The van der Waals surface area contributed by atoms with Gasteiger partial charge >= 0.3 is 0 Å². The molecule has 0 unspecified atom stereocenters. The van der Waals surface area contributed by atoms with Gasteiger partial charge in [0.1, 0.15) is 17.2 Å². The predicted octanol–water partition coefficient (Wildman–Crippen LogP) is 8.66. The van der Waals surface area contributed by atoms with Gasteiger partial charge in [0.2, 0.25) is 0 Å². The standard InChI is InChI=1S/C27H20BrClN2O2/c1-16-13-25(21-15-18(32-2)8-10-24(21)30-16)31-17-7-11-27(23(29)14-17)33-26-12-9-22(28)19-5-3-4-6-20(19)26/h3-15H,1-2H3,(H,30,31). The van der Waals surface area contributed by atoms with Gasteiger partial charge in [-0.15, -0.1) is 0 Å². The zero-order valence-corrected chi connectivity index (χ0v) is 20.4. The van der Waals surface area contributed by atoms with Gasteiger partial charge < -0.3 is 14.8 Å². The van der Waals surface area contributed by atoms with E-state index in [9.17, 15) is 0 Å². The summed E-state index contributed by atoms with van der Waals surface area (Å²) in [6.07, 6.45) is 0. The third-order valence-electron chi connectivity index (χ3n) is 5.41. The van der Waals surface area contributed by atoms with E-state index in [4.69, 9.17) is 21.1 Å². The topological polar surface area (TPSA) is 43.4 Å². The van der Waals surface area contributed by atoms with Gasteiger partial charge in [-0.2, -0.15) is 0 Å². The van der Waals surface area contributed by atoms with E-state index in [2.05, 4.69) is 32.3 Å². The van der Waals surface area contributed by atoms with E-state index in [0.29, 0.717) is 10.8 Å². The van der Waals surface area contributed by atoms with Crippen LogP contribution in [0.3, 0.4) is 0 Å². The molecule has 33 heavy (non-hydrogen) atoms. The van der Waals surface area contributed by atoms with Crippen LogP contribution in [0.1, 0.15) is 5.69 Å². The maximum Gasteiger partial charge on any atom is 0.146 e. The molecule has 0 aliphatic carbocycles. The number of fused-ring (bicyclic) bond motifs is 2. The molecule has 0 amide bonds. The number of pyridine rings is 1. The minimum atomic E-state index is 0.514. The minimum Gasteiger partial charge on any atom is -0.497 e. The average molecular weight is 520 g/mol. The molecule has 4 aromatic carbocycles. The van der Waals surface area contributed by atoms with Crippen molar-refractivity contribution < 1.29 is 9.47 Å². The molecule has 4 nitrogen and oxygen atoms in total. The summed E-state index contributed by atoms with van der Waals surface area (Å²) < 4.78 is 12.6. The van der Waals surface area contributed by atoms with Crippen LogP contribution in [0.5, 0.6) is 17.2 Å². The van der Waals surface area contributed by atoms with Crippen LogP contribution in [0.25, 0.3) is 21.7 Å². The molecule has 5 aromatic rings. The molecular formula is C27H20BrClN2O2. The Morgan fingerprint density at radius 1 is 0.848 bits per heavy atom. The van der Waals surface area contributed by atoms with Gasteiger partial charge in [-0.25, -0.2) is 0 Å². The summed E-state index contributed by atoms with van der Waals surface area (Å²) in [7, 11) is 1.66. The first-order valence-corrected chi connectivity index (χ1v) is 11.6. The van der Waals surface area contributed by atoms with E-state index in [0.717, 1.165) is 54.7 Å². The Bertz CT molecular complexity index is 1500. The number of benzene rings is 4. The number of aryl methyl sites for hydroxylation is 1. The highest BCUT2D eigenvalue weighted by Gasteiger charge is 2.11. The van der Waals surface area contributed by atoms with Crippen molar-refractivity contribution in [1.29, 1.82) is 0 Å². The summed E-state index contributed by atoms with van der Waals surface area (Å²) in [6, 6.07) is 25.5. The van der Waals surface area contributed by atoms with Crippen LogP contribution in [-0.4, -0.2) is 12.1 Å². The van der Waals surface area contributed by atoms with Crippen LogP contribution in [-0.2, 0) is 0 Å². The molecule has 0 aliphatic rings. The quantitative estimate of drug-likeness (QED) is 0.252. The number of methoxy groups -OCH3 is 1. The lowest BCUT2D eigenvalue weighted by Gasteiger charge is -2.14. The van der Waals surface area contributed by atoms with Crippen molar-refractivity contribution in [3.8, 4) is 17.2 Å². The molecule has 0 aliphatic heterocycles. The van der Waals surface area contributed by atoms with Crippen molar-refractivity contribution in [2.45, 2.75) is 6.92 Å². The molecule has 0 radical (unpaired) electrons. The second-order valence-corrected chi connectivity index (χ2v) is 8.92. The predicted molar refractivity (Wildman–Crippen MR) is 139 cm³/mol. The molecule has 1 aromatic heterocycles. The molecule has 5 rings (SSSR count). The fourth-order valence-corrected chi connectivity index (χ4v) is 4.52. The van der Waals surface area contributed by atoms with Crippen molar-refractivity contribution in [1.82, 2.24) is 4.98 Å². The summed E-state index contributed by atoms with van der Waals surface area (Å²) in [5.74, 6) is 2.12. The van der Waals surface area contributed by atoms with E-state index in [1.54, 1.807) is 7.11 Å². The van der Waals surface area contributed by atoms with Crippen molar-refractivity contribution in [3.05, 3.63) is 94.1 Å². The Morgan fingerprint density at radius 2 is 1.64 bits per heavy atom. The molecule has 0 fully saturated rings. The molecule has 0 saturated carbocycles. The number of aromatic nitrogens is 1. The number of hydrogen-bond acceptors (Lipinski definition) is 4. The Balaban J connectivity index is 1.47. The van der Waals surface area contributed by atoms with Crippen molar-refractivity contribution >= 4 is 60.6 Å². The lowest BCUT2D eigenvalue weighted by atomic mass is 10.1. The Kier molecular flexibility index (Phi) is 5.83. The van der Waals surface area contributed by atoms with Crippen LogP contribution < -0.4 is 14.8 Å². The van der Waals surface area contributed by atoms with Gasteiger partial charge in [-0.3, -0.25) is 4.98 Å². The van der Waals surface area contributed by atoms with E-state index in [1.807, 2.05) is 79.7 Å². The summed E-state index contributed by atoms with van der Waals surface area (Å²) in [5, 5.41) is 7.05. The molecule has 164 valence electrons. The Labute approximate surface area is 205 Å². The summed E-state index contributed by atoms with van der Waals surface area (Å²) >= 11 is 10.2. The van der Waals surface area contributed by atoms with Gasteiger partial charge in [0.15, 0.2) is 0 Å². The maximum atomic E-state index is 6.62.